The minimum atomic E-state index is -0.120. The van der Waals surface area contributed by atoms with E-state index in [9.17, 15) is 0 Å². The van der Waals surface area contributed by atoms with Crippen LogP contribution in [0.3, 0.4) is 0 Å². The van der Waals surface area contributed by atoms with E-state index in [4.69, 9.17) is 5.11 Å². The molecule has 0 saturated carbocycles. The van der Waals surface area contributed by atoms with Gasteiger partial charge in [-0.1, -0.05) is 0 Å². The summed E-state index contributed by atoms with van der Waals surface area (Å²) in [6, 6.07) is 1.33. The number of hydrogen-bond donors (Lipinski definition) is 1. The SMILES string of the molecule is [CH2]c1cc(O)no1. The van der Waals surface area contributed by atoms with Gasteiger partial charge in [0.05, 0.1) is 0 Å². The van der Waals surface area contributed by atoms with Gasteiger partial charge >= 0.3 is 0 Å². The maximum atomic E-state index is 8.41. The summed E-state index contributed by atoms with van der Waals surface area (Å²) in [6.07, 6.45) is 0. The van der Waals surface area contributed by atoms with Crippen LogP contribution in [-0.2, 0) is 0 Å². The van der Waals surface area contributed by atoms with E-state index in [2.05, 4.69) is 16.6 Å². The quantitative estimate of drug-likeness (QED) is 0.515. The number of rotatable bonds is 0. The van der Waals surface area contributed by atoms with Crippen molar-refractivity contribution in [2.45, 2.75) is 0 Å². The molecule has 1 aromatic rings. The topological polar surface area (TPSA) is 46.3 Å². The van der Waals surface area contributed by atoms with Crippen LogP contribution in [0.4, 0.5) is 0 Å². The zero-order valence-corrected chi connectivity index (χ0v) is 3.59. The molecule has 1 aromatic heterocycles. The Labute approximate surface area is 40.6 Å². The molecule has 1 radical (unpaired) electrons. The second kappa shape index (κ2) is 1.26. The third-order valence-corrected chi connectivity index (χ3v) is 0.547. The lowest BCUT2D eigenvalue weighted by atomic mass is 10.5. The number of aromatic nitrogens is 1. The molecule has 0 aromatic carbocycles. The molecule has 0 aliphatic carbocycles. The summed E-state index contributed by atoms with van der Waals surface area (Å²) in [7, 11) is 0. The molecule has 1 heterocycles. The third kappa shape index (κ3) is 0.707. The summed E-state index contributed by atoms with van der Waals surface area (Å²) in [6.45, 7) is 3.35. The second-order valence-corrected chi connectivity index (χ2v) is 1.15. The van der Waals surface area contributed by atoms with Crippen LogP contribution < -0.4 is 0 Å². The van der Waals surface area contributed by atoms with E-state index in [0.29, 0.717) is 5.76 Å². The Bertz CT molecular complexity index is 142. The summed E-state index contributed by atoms with van der Waals surface area (Å²) in [5, 5.41) is 11.5. The molecule has 0 bridgehead atoms. The van der Waals surface area contributed by atoms with Gasteiger partial charge in [-0.05, 0) is 5.16 Å². The van der Waals surface area contributed by atoms with E-state index in [1.165, 1.54) is 6.07 Å². The molecule has 1 N–H and O–H groups in total. The van der Waals surface area contributed by atoms with Gasteiger partial charge < -0.3 is 9.63 Å². The Balaban J connectivity index is 3.04. The minimum Gasteiger partial charge on any atom is -0.491 e. The Morgan fingerprint density at radius 3 is 2.71 bits per heavy atom. The molecule has 0 atom stereocenters. The van der Waals surface area contributed by atoms with Crippen LogP contribution in [0.2, 0.25) is 0 Å². The maximum absolute atomic E-state index is 8.41. The Morgan fingerprint density at radius 1 is 1.86 bits per heavy atom. The monoisotopic (exact) mass is 98.0 g/mol. The van der Waals surface area contributed by atoms with Crippen LogP contribution in [0.25, 0.3) is 0 Å². The molecule has 3 nitrogen and oxygen atoms in total. The molecule has 0 aliphatic rings. The van der Waals surface area contributed by atoms with E-state index in [0.717, 1.165) is 0 Å². The molecule has 0 saturated heterocycles. The Morgan fingerprint density at radius 2 is 2.57 bits per heavy atom. The average Bonchev–Trinajstić information content (AvgIpc) is 1.87. The fourth-order valence-electron chi connectivity index (χ4n) is 0.302. The van der Waals surface area contributed by atoms with Crippen LogP contribution in [0.1, 0.15) is 5.76 Å². The highest BCUT2D eigenvalue weighted by molar-refractivity contribution is 5.10. The van der Waals surface area contributed by atoms with Crippen molar-refractivity contribution in [2.24, 2.45) is 0 Å². The molecule has 37 valence electrons. The van der Waals surface area contributed by atoms with Crippen molar-refractivity contribution >= 4 is 0 Å². The first kappa shape index (κ1) is 4.18. The highest BCUT2D eigenvalue weighted by atomic mass is 16.5. The van der Waals surface area contributed by atoms with E-state index in [1.807, 2.05) is 0 Å². The Hall–Kier alpha value is -0.990. The molecule has 1 rings (SSSR count). The van der Waals surface area contributed by atoms with Crippen molar-refractivity contribution in [3.05, 3.63) is 18.8 Å². The smallest absolute Gasteiger partial charge is 0.251 e. The minimum absolute atomic E-state index is 0.120. The van der Waals surface area contributed by atoms with Crippen LogP contribution in [0.5, 0.6) is 5.88 Å². The molecule has 0 fully saturated rings. The first-order chi connectivity index (χ1) is 3.29. The van der Waals surface area contributed by atoms with Gasteiger partial charge in [0.15, 0.2) is 0 Å². The molecule has 7 heavy (non-hydrogen) atoms. The lowest BCUT2D eigenvalue weighted by Gasteiger charge is -1.64. The standard InChI is InChI=1S/C4H4NO2/c1-3-2-4(6)5-7-3/h2H,1H2,(H,5,6). The number of nitrogens with zero attached hydrogens (tertiary/aromatic N) is 1. The van der Waals surface area contributed by atoms with Gasteiger partial charge in [0, 0.05) is 13.0 Å². The maximum Gasteiger partial charge on any atom is 0.251 e. The van der Waals surface area contributed by atoms with Gasteiger partial charge in [0.2, 0.25) is 0 Å². The predicted molar refractivity (Wildman–Crippen MR) is 22.6 cm³/mol. The van der Waals surface area contributed by atoms with Gasteiger partial charge in [-0.15, -0.1) is 0 Å². The van der Waals surface area contributed by atoms with Gasteiger partial charge in [-0.3, -0.25) is 0 Å². The molecule has 0 aliphatic heterocycles. The summed E-state index contributed by atoms with van der Waals surface area (Å²) in [5.41, 5.74) is 0. The zero-order valence-electron chi connectivity index (χ0n) is 3.59. The van der Waals surface area contributed by atoms with Gasteiger partial charge in [0.1, 0.15) is 5.76 Å². The lowest BCUT2D eigenvalue weighted by Crippen LogP contribution is -1.52. The van der Waals surface area contributed by atoms with Crippen molar-refractivity contribution in [1.29, 1.82) is 0 Å². The average molecular weight is 98.1 g/mol. The van der Waals surface area contributed by atoms with Crippen molar-refractivity contribution in [3.8, 4) is 5.88 Å². The first-order valence-corrected chi connectivity index (χ1v) is 1.76. The van der Waals surface area contributed by atoms with Crippen molar-refractivity contribution in [3.63, 3.8) is 0 Å². The third-order valence-electron chi connectivity index (χ3n) is 0.547. The number of hydrogen-bond acceptors (Lipinski definition) is 3. The van der Waals surface area contributed by atoms with E-state index < -0.39 is 0 Å². The first-order valence-electron chi connectivity index (χ1n) is 1.76. The largest absolute Gasteiger partial charge is 0.491 e. The van der Waals surface area contributed by atoms with Crippen molar-refractivity contribution < 1.29 is 9.63 Å². The summed E-state index contributed by atoms with van der Waals surface area (Å²) in [4.78, 5) is 0. The fraction of sp³-hybridized carbons (Fsp3) is 0. The Kier molecular flexibility index (Phi) is 0.749. The van der Waals surface area contributed by atoms with Gasteiger partial charge in [-0.2, -0.15) is 0 Å². The highest BCUT2D eigenvalue weighted by Gasteiger charge is 1.91. The van der Waals surface area contributed by atoms with Crippen molar-refractivity contribution in [1.82, 2.24) is 5.16 Å². The second-order valence-electron chi connectivity index (χ2n) is 1.15. The van der Waals surface area contributed by atoms with Gasteiger partial charge in [-0.25, -0.2) is 0 Å². The van der Waals surface area contributed by atoms with E-state index >= 15 is 0 Å². The number of aromatic hydroxyl groups is 1. The summed E-state index contributed by atoms with van der Waals surface area (Å²) in [5.74, 6) is 0.252. The van der Waals surface area contributed by atoms with Crippen molar-refractivity contribution in [2.75, 3.05) is 0 Å². The predicted octanol–water partition coefficient (Wildman–Crippen LogP) is 0.562. The van der Waals surface area contributed by atoms with Crippen LogP contribution in [-0.4, -0.2) is 10.3 Å². The van der Waals surface area contributed by atoms with Crippen LogP contribution >= 0.6 is 0 Å². The molecule has 3 heteroatoms. The molecule has 0 spiro atoms. The molecular weight excluding hydrogens is 94.0 g/mol. The van der Waals surface area contributed by atoms with Crippen LogP contribution in [0, 0.1) is 6.92 Å². The summed E-state index contributed by atoms with van der Waals surface area (Å²) >= 11 is 0. The summed E-state index contributed by atoms with van der Waals surface area (Å²) < 4.78 is 4.35. The van der Waals surface area contributed by atoms with E-state index in [1.54, 1.807) is 0 Å². The lowest BCUT2D eigenvalue weighted by molar-refractivity contribution is 0.353. The van der Waals surface area contributed by atoms with Crippen LogP contribution in [0.15, 0.2) is 10.6 Å². The molecule has 0 amide bonds. The highest BCUT2D eigenvalue weighted by Crippen LogP contribution is 2.05. The molecule has 0 unspecified atom stereocenters. The van der Waals surface area contributed by atoms with E-state index in [-0.39, 0.29) is 5.88 Å². The normalized spacial score (nSPS) is 9.29. The molecular formula is C4H4NO2. The van der Waals surface area contributed by atoms with Gasteiger partial charge in [0.25, 0.3) is 5.88 Å². The fourth-order valence-corrected chi connectivity index (χ4v) is 0.302. The zero-order chi connectivity index (χ0) is 5.28.